The third-order valence-corrected chi connectivity index (χ3v) is 5.71. The third-order valence-electron chi connectivity index (χ3n) is 5.71. The fraction of sp³-hybridized carbons (Fsp3) is 0.0769. The fourth-order valence-corrected chi connectivity index (χ4v) is 4.10. The van der Waals surface area contributed by atoms with Gasteiger partial charge in [-0.05, 0) is 36.8 Å². The number of benzene rings is 2. The summed E-state index contributed by atoms with van der Waals surface area (Å²) in [7, 11) is 0. The number of aromatic amines is 1. The van der Waals surface area contributed by atoms with Crippen molar-refractivity contribution in [2.75, 3.05) is 0 Å². The number of carbonyl (C=O) groups is 2. The molecule has 1 N–H and O–H groups in total. The van der Waals surface area contributed by atoms with Crippen LogP contribution in [0.15, 0.2) is 90.0 Å². The normalized spacial score (nSPS) is 13.8. The van der Waals surface area contributed by atoms with E-state index in [9.17, 15) is 18.8 Å². The zero-order valence-electron chi connectivity index (χ0n) is 18.2. The minimum atomic E-state index is -0.550. The number of rotatable bonds is 5. The Morgan fingerprint density at radius 2 is 1.50 bits per heavy atom. The Bertz CT molecular complexity index is 1490. The second kappa shape index (κ2) is 8.40. The average molecular weight is 455 g/mol. The Kier molecular flexibility index (Phi) is 5.25. The number of nitrogens with zero attached hydrogens (tertiary/aromatic N) is 3. The Morgan fingerprint density at radius 3 is 2.18 bits per heavy atom. The Balaban J connectivity index is 1.68. The number of halogens is 1. The minimum Gasteiger partial charge on any atom is -0.295 e. The number of aryl methyl sites for hydroxylation is 1. The highest BCUT2D eigenvalue weighted by Gasteiger charge is 2.47. The molecule has 5 rings (SSSR count). The average Bonchev–Trinajstić information content (AvgIpc) is 3.27. The van der Waals surface area contributed by atoms with Crippen LogP contribution in [0.25, 0.3) is 17.0 Å². The van der Waals surface area contributed by atoms with Crippen LogP contribution < -0.4 is 10.1 Å². The second-order valence-electron chi connectivity index (χ2n) is 7.92. The van der Waals surface area contributed by atoms with E-state index < -0.39 is 23.2 Å². The lowest BCUT2D eigenvalue weighted by Gasteiger charge is -2.13. The number of hydrogen-bond acceptors (Lipinski definition) is 3. The first-order valence-corrected chi connectivity index (χ1v) is 10.6. The third kappa shape index (κ3) is 3.55. The van der Waals surface area contributed by atoms with Crippen molar-refractivity contribution in [1.82, 2.24) is 14.7 Å². The van der Waals surface area contributed by atoms with Crippen LogP contribution in [0.3, 0.4) is 0 Å². The number of aromatic nitrogens is 3. The van der Waals surface area contributed by atoms with Gasteiger partial charge in [-0.1, -0.05) is 36.4 Å². The molecule has 0 unspecified atom stereocenters. The maximum absolute atomic E-state index is 13.6. The Hall–Kier alpha value is -4.59. The van der Waals surface area contributed by atoms with Gasteiger partial charge in [0, 0.05) is 17.8 Å². The molecule has 1 aliphatic heterocycles. The molecular weight excluding hydrogens is 435 g/mol. The number of hydrogen-bond donors (Lipinski definition) is 1. The Labute approximate surface area is 194 Å². The van der Waals surface area contributed by atoms with Gasteiger partial charge in [0.2, 0.25) is 0 Å². The highest BCUT2D eigenvalue weighted by molar-refractivity contribution is 6.44. The molecule has 0 saturated heterocycles. The summed E-state index contributed by atoms with van der Waals surface area (Å²) in [6.07, 6.45) is 3.32. The highest BCUT2D eigenvalue weighted by Crippen LogP contribution is 2.30. The summed E-state index contributed by atoms with van der Waals surface area (Å²) in [6.45, 7) is 1.74. The standard InChI is InChI=1S/C26H19FN4O3/c1-17-21(25(33)31(28-17)20-12-10-19(27)11-13-20)22-23(29-14-6-3-7-15-29)26(34)30(24(22)32)16-18-8-4-2-5-9-18/h2-15H,16H2,1H3/p+1. The molecule has 0 fully saturated rings. The van der Waals surface area contributed by atoms with E-state index in [1.54, 1.807) is 42.1 Å². The molecule has 0 spiro atoms. The van der Waals surface area contributed by atoms with Crippen LogP contribution in [0.1, 0.15) is 16.8 Å². The van der Waals surface area contributed by atoms with E-state index in [2.05, 4.69) is 5.10 Å². The van der Waals surface area contributed by atoms with Crippen LogP contribution >= 0.6 is 0 Å². The Morgan fingerprint density at radius 1 is 0.853 bits per heavy atom. The van der Waals surface area contributed by atoms with E-state index in [4.69, 9.17) is 0 Å². The zero-order chi connectivity index (χ0) is 23.8. The van der Waals surface area contributed by atoms with Gasteiger partial charge in [0.25, 0.3) is 17.2 Å². The molecule has 0 saturated carbocycles. The first kappa shape index (κ1) is 21.3. The molecule has 0 atom stereocenters. The van der Waals surface area contributed by atoms with Crippen molar-refractivity contribution >= 4 is 23.1 Å². The zero-order valence-corrected chi connectivity index (χ0v) is 18.2. The first-order valence-electron chi connectivity index (χ1n) is 10.6. The minimum absolute atomic E-state index is 0.0248. The lowest BCUT2D eigenvalue weighted by atomic mass is 10.1. The first-order chi connectivity index (χ1) is 16.5. The molecule has 2 aromatic carbocycles. The van der Waals surface area contributed by atoms with E-state index in [1.165, 1.54) is 28.9 Å². The topological polar surface area (TPSA) is 79.1 Å². The molecule has 168 valence electrons. The van der Waals surface area contributed by atoms with Crippen LogP contribution in [-0.2, 0) is 16.1 Å². The number of carbonyl (C=O) groups excluding carboxylic acids is 2. The van der Waals surface area contributed by atoms with Crippen molar-refractivity contribution < 1.29 is 18.5 Å². The summed E-state index contributed by atoms with van der Waals surface area (Å²) in [5.74, 6) is -1.47. The molecule has 8 heteroatoms. The van der Waals surface area contributed by atoms with E-state index in [-0.39, 0.29) is 23.4 Å². The fourth-order valence-electron chi connectivity index (χ4n) is 4.10. The SMILES string of the molecule is Cc1[nH]n(-c2ccc(F)cc2)c(=O)c1C1=C([n+]2ccccc2)C(=O)N(Cc2ccccc2)C1=O. The van der Waals surface area contributed by atoms with E-state index in [0.29, 0.717) is 11.4 Å². The molecule has 0 bridgehead atoms. The molecule has 3 heterocycles. The van der Waals surface area contributed by atoms with Gasteiger partial charge < -0.3 is 0 Å². The van der Waals surface area contributed by atoms with Crippen molar-refractivity contribution in [2.24, 2.45) is 0 Å². The van der Waals surface area contributed by atoms with E-state index in [0.717, 1.165) is 10.5 Å². The van der Waals surface area contributed by atoms with Crippen LogP contribution in [0.5, 0.6) is 0 Å². The molecular formula is C26H20FN4O3+. The summed E-state index contributed by atoms with van der Waals surface area (Å²) in [5.41, 5.74) is 1.34. The molecule has 2 aromatic heterocycles. The number of amides is 2. The van der Waals surface area contributed by atoms with Gasteiger partial charge in [0.15, 0.2) is 12.4 Å². The summed E-state index contributed by atoms with van der Waals surface area (Å²) >= 11 is 0. The maximum atomic E-state index is 13.6. The predicted octanol–water partition coefficient (Wildman–Crippen LogP) is 2.84. The van der Waals surface area contributed by atoms with Crippen molar-refractivity contribution in [3.8, 4) is 5.69 Å². The van der Waals surface area contributed by atoms with Gasteiger partial charge in [0.05, 0.1) is 17.8 Å². The van der Waals surface area contributed by atoms with Crippen LogP contribution in [0, 0.1) is 12.7 Å². The molecule has 0 radical (unpaired) electrons. The number of pyridine rings is 1. The van der Waals surface area contributed by atoms with Gasteiger partial charge in [-0.15, -0.1) is 0 Å². The summed E-state index contributed by atoms with van der Waals surface area (Å²) in [5, 5.41) is 2.95. The van der Waals surface area contributed by atoms with Crippen molar-refractivity contribution in [3.05, 3.63) is 118 Å². The largest absolute Gasteiger partial charge is 0.327 e. The molecule has 7 nitrogen and oxygen atoms in total. The smallest absolute Gasteiger partial charge is 0.295 e. The van der Waals surface area contributed by atoms with Crippen molar-refractivity contribution in [1.29, 1.82) is 0 Å². The van der Waals surface area contributed by atoms with Crippen molar-refractivity contribution in [2.45, 2.75) is 13.5 Å². The summed E-state index contributed by atoms with van der Waals surface area (Å²) < 4.78 is 16.2. The lowest BCUT2D eigenvalue weighted by molar-refractivity contribution is -0.576. The van der Waals surface area contributed by atoms with Gasteiger partial charge >= 0.3 is 5.91 Å². The predicted molar refractivity (Wildman–Crippen MR) is 123 cm³/mol. The van der Waals surface area contributed by atoms with Gasteiger partial charge in [-0.2, -0.15) is 4.57 Å². The second-order valence-corrected chi connectivity index (χ2v) is 7.92. The number of nitrogens with one attached hydrogen (secondary N) is 1. The molecule has 4 aromatic rings. The van der Waals surface area contributed by atoms with Crippen LogP contribution in [-0.4, -0.2) is 26.5 Å². The highest BCUT2D eigenvalue weighted by atomic mass is 19.1. The molecule has 34 heavy (non-hydrogen) atoms. The maximum Gasteiger partial charge on any atom is 0.327 e. The van der Waals surface area contributed by atoms with Gasteiger partial charge in [-0.25, -0.2) is 9.07 Å². The summed E-state index contributed by atoms with van der Waals surface area (Å²) in [4.78, 5) is 41.7. The monoisotopic (exact) mass is 455 g/mol. The number of H-pyrrole nitrogens is 1. The summed E-state index contributed by atoms with van der Waals surface area (Å²) in [6, 6.07) is 19.9. The van der Waals surface area contributed by atoms with Gasteiger partial charge in [-0.3, -0.25) is 24.4 Å². The molecule has 0 aliphatic carbocycles. The number of imide groups is 1. The van der Waals surface area contributed by atoms with Crippen LogP contribution in [0.4, 0.5) is 4.39 Å². The van der Waals surface area contributed by atoms with Crippen molar-refractivity contribution in [3.63, 3.8) is 0 Å². The van der Waals surface area contributed by atoms with E-state index in [1.807, 2.05) is 30.3 Å². The van der Waals surface area contributed by atoms with E-state index >= 15 is 0 Å². The molecule has 1 aliphatic rings. The van der Waals surface area contributed by atoms with Crippen LogP contribution in [0.2, 0.25) is 0 Å². The lowest BCUT2D eigenvalue weighted by Crippen LogP contribution is -2.39. The quantitative estimate of drug-likeness (QED) is 0.371. The van der Waals surface area contributed by atoms with Gasteiger partial charge in [0.1, 0.15) is 11.4 Å². The molecule has 2 amide bonds.